The van der Waals surface area contributed by atoms with Gasteiger partial charge in [0.15, 0.2) is 5.70 Å². The lowest BCUT2D eigenvalue weighted by Crippen LogP contribution is -2.08. The molecule has 1 aliphatic heterocycles. The zero-order chi connectivity index (χ0) is 22.7. The van der Waals surface area contributed by atoms with Crippen molar-refractivity contribution < 1.29 is 24.0 Å². The van der Waals surface area contributed by atoms with E-state index in [4.69, 9.17) is 21.1 Å². The third-order valence-electron chi connectivity index (χ3n) is 4.42. The first-order valence-electron chi connectivity index (χ1n) is 9.24. The summed E-state index contributed by atoms with van der Waals surface area (Å²) in [5.74, 6) is -0.771. The molecule has 0 spiro atoms. The summed E-state index contributed by atoms with van der Waals surface area (Å²) in [6.45, 7) is 0. The summed E-state index contributed by atoms with van der Waals surface area (Å²) < 4.78 is 10.5. The number of nitro groups is 1. The van der Waals surface area contributed by atoms with E-state index in [-0.39, 0.29) is 28.6 Å². The molecule has 0 amide bonds. The molecule has 0 N–H and O–H groups in total. The number of hydrogen-bond acceptors (Lipinski definition) is 7. The van der Waals surface area contributed by atoms with E-state index in [2.05, 4.69) is 4.99 Å². The first-order valence-corrected chi connectivity index (χ1v) is 9.62. The van der Waals surface area contributed by atoms with Gasteiger partial charge in [-0.1, -0.05) is 23.7 Å². The molecule has 0 atom stereocenters. The Morgan fingerprint density at radius 3 is 2.28 bits per heavy atom. The number of non-ortho nitro benzene ring substituents is 1. The Labute approximate surface area is 186 Å². The molecule has 0 unspecified atom stereocenters. The van der Waals surface area contributed by atoms with Crippen LogP contribution in [0.15, 0.2) is 83.5 Å². The van der Waals surface area contributed by atoms with Crippen molar-refractivity contribution in [3.8, 4) is 5.75 Å². The summed E-state index contributed by atoms with van der Waals surface area (Å²) >= 11 is 5.86. The third kappa shape index (κ3) is 4.71. The maximum Gasteiger partial charge on any atom is 0.363 e. The SMILES string of the molecule is O=C1OC(c2ccc(Cl)cc2)=N/C1=C\c1ccc(OC(=O)c2ccc([N+](=O)[O-])cc2)cc1. The fourth-order valence-electron chi connectivity index (χ4n) is 2.80. The molecule has 0 aromatic heterocycles. The Balaban J connectivity index is 1.45. The lowest BCUT2D eigenvalue weighted by atomic mass is 10.2. The standard InChI is InChI=1S/C23H13ClN2O6/c24-17-7-3-15(4-8-17)21-25-20(23(28)32-21)13-14-1-11-19(12-2-14)31-22(27)16-5-9-18(10-6-16)26(29)30/h1-13H/b20-13-. The van der Waals surface area contributed by atoms with Crippen LogP contribution in [-0.4, -0.2) is 22.8 Å². The maximum atomic E-state index is 12.2. The topological polar surface area (TPSA) is 108 Å². The van der Waals surface area contributed by atoms with Gasteiger partial charge in [-0.2, -0.15) is 0 Å². The molecule has 0 aliphatic carbocycles. The first-order chi connectivity index (χ1) is 15.4. The van der Waals surface area contributed by atoms with Crippen LogP contribution in [0, 0.1) is 10.1 Å². The van der Waals surface area contributed by atoms with Crippen LogP contribution in [-0.2, 0) is 9.53 Å². The molecule has 0 bridgehead atoms. The van der Waals surface area contributed by atoms with E-state index in [1.165, 1.54) is 24.3 Å². The van der Waals surface area contributed by atoms with Crippen LogP contribution in [0.4, 0.5) is 5.69 Å². The number of cyclic esters (lactones) is 1. The van der Waals surface area contributed by atoms with Gasteiger partial charge in [-0.15, -0.1) is 0 Å². The number of ether oxygens (including phenoxy) is 2. The molecule has 4 rings (SSSR count). The fourth-order valence-corrected chi connectivity index (χ4v) is 2.93. The van der Waals surface area contributed by atoms with E-state index in [1.54, 1.807) is 54.6 Å². The van der Waals surface area contributed by atoms with Gasteiger partial charge in [-0.05, 0) is 60.2 Å². The Morgan fingerprint density at radius 1 is 1.00 bits per heavy atom. The second-order valence-corrected chi connectivity index (χ2v) is 7.04. The minimum absolute atomic E-state index is 0.119. The van der Waals surface area contributed by atoms with Gasteiger partial charge in [-0.3, -0.25) is 10.1 Å². The lowest BCUT2D eigenvalue weighted by Gasteiger charge is -2.04. The number of rotatable bonds is 5. The highest BCUT2D eigenvalue weighted by Gasteiger charge is 2.24. The van der Waals surface area contributed by atoms with E-state index in [0.717, 1.165) is 0 Å². The number of aliphatic imine (C=N–C) groups is 1. The number of carbonyl (C=O) groups is 2. The Bertz CT molecular complexity index is 1260. The minimum Gasteiger partial charge on any atom is -0.423 e. The molecular formula is C23H13ClN2O6. The van der Waals surface area contributed by atoms with Crippen molar-refractivity contribution in [2.45, 2.75) is 0 Å². The number of nitrogens with zero attached hydrogens (tertiary/aromatic N) is 2. The first kappa shape index (κ1) is 21.0. The highest BCUT2D eigenvalue weighted by Crippen LogP contribution is 2.22. The smallest absolute Gasteiger partial charge is 0.363 e. The highest BCUT2D eigenvalue weighted by molar-refractivity contribution is 6.30. The second kappa shape index (κ2) is 8.83. The summed E-state index contributed by atoms with van der Waals surface area (Å²) in [5, 5.41) is 11.3. The molecule has 1 aliphatic rings. The van der Waals surface area contributed by atoms with E-state index < -0.39 is 16.9 Å². The van der Waals surface area contributed by atoms with Crippen LogP contribution >= 0.6 is 11.6 Å². The number of halogens is 1. The van der Waals surface area contributed by atoms with Crippen molar-refractivity contribution in [3.63, 3.8) is 0 Å². The third-order valence-corrected chi connectivity index (χ3v) is 4.67. The predicted molar refractivity (Wildman–Crippen MR) is 117 cm³/mol. The van der Waals surface area contributed by atoms with E-state index >= 15 is 0 Å². The van der Waals surface area contributed by atoms with Crippen LogP contribution in [0.25, 0.3) is 6.08 Å². The van der Waals surface area contributed by atoms with Gasteiger partial charge >= 0.3 is 11.9 Å². The van der Waals surface area contributed by atoms with Gasteiger partial charge in [-0.25, -0.2) is 14.6 Å². The number of benzene rings is 3. The minimum atomic E-state index is -0.650. The molecule has 32 heavy (non-hydrogen) atoms. The highest BCUT2D eigenvalue weighted by atomic mass is 35.5. The number of nitro benzene ring substituents is 1. The summed E-state index contributed by atoms with van der Waals surface area (Å²) in [4.78, 5) is 38.7. The average molecular weight is 449 g/mol. The van der Waals surface area contributed by atoms with Crippen LogP contribution in [0.1, 0.15) is 21.5 Å². The van der Waals surface area contributed by atoms with Crippen LogP contribution < -0.4 is 4.74 Å². The molecule has 8 nitrogen and oxygen atoms in total. The zero-order valence-electron chi connectivity index (χ0n) is 16.2. The van der Waals surface area contributed by atoms with Crippen molar-refractivity contribution in [2.24, 2.45) is 4.99 Å². The Hall–Kier alpha value is -4.30. The summed E-state index contributed by atoms with van der Waals surface area (Å²) in [5.41, 5.74) is 1.46. The van der Waals surface area contributed by atoms with E-state index in [9.17, 15) is 19.7 Å². The quantitative estimate of drug-likeness (QED) is 0.182. The second-order valence-electron chi connectivity index (χ2n) is 6.61. The monoisotopic (exact) mass is 448 g/mol. The molecule has 3 aromatic rings. The van der Waals surface area contributed by atoms with Gasteiger partial charge in [0.2, 0.25) is 5.90 Å². The fraction of sp³-hybridized carbons (Fsp3) is 0. The molecule has 0 saturated heterocycles. The van der Waals surface area contributed by atoms with Gasteiger partial charge in [0, 0.05) is 22.7 Å². The Kier molecular flexibility index (Phi) is 5.78. The number of esters is 2. The van der Waals surface area contributed by atoms with Gasteiger partial charge in [0.1, 0.15) is 5.75 Å². The predicted octanol–water partition coefficient (Wildman–Crippen LogP) is 4.81. The Morgan fingerprint density at radius 2 is 1.66 bits per heavy atom. The summed E-state index contributed by atoms with van der Waals surface area (Å²) in [6.07, 6.45) is 1.55. The van der Waals surface area contributed by atoms with Crippen molar-refractivity contribution >= 4 is 41.2 Å². The average Bonchev–Trinajstić information content (AvgIpc) is 3.15. The number of carbonyl (C=O) groups excluding carboxylic acids is 2. The molecule has 0 radical (unpaired) electrons. The largest absolute Gasteiger partial charge is 0.423 e. The molecule has 0 fully saturated rings. The molecular weight excluding hydrogens is 436 g/mol. The number of hydrogen-bond donors (Lipinski definition) is 0. The molecule has 9 heteroatoms. The van der Waals surface area contributed by atoms with Gasteiger partial charge in [0.25, 0.3) is 5.69 Å². The molecule has 0 saturated carbocycles. The maximum absolute atomic E-state index is 12.2. The molecule has 1 heterocycles. The summed E-state index contributed by atoms with van der Waals surface area (Å²) in [7, 11) is 0. The molecule has 158 valence electrons. The lowest BCUT2D eigenvalue weighted by molar-refractivity contribution is -0.384. The molecule has 3 aromatic carbocycles. The van der Waals surface area contributed by atoms with Crippen LogP contribution in [0.5, 0.6) is 5.75 Å². The van der Waals surface area contributed by atoms with Gasteiger partial charge in [0.05, 0.1) is 10.5 Å². The van der Waals surface area contributed by atoms with Crippen LogP contribution in [0.2, 0.25) is 5.02 Å². The van der Waals surface area contributed by atoms with Crippen molar-refractivity contribution in [3.05, 3.63) is 110 Å². The van der Waals surface area contributed by atoms with E-state index in [1.807, 2.05) is 0 Å². The zero-order valence-corrected chi connectivity index (χ0v) is 17.0. The normalized spacial score (nSPS) is 14.1. The van der Waals surface area contributed by atoms with Gasteiger partial charge < -0.3 is 9.47 Å². The van der Waals surface area contributed by atoms with E-state index in [0.29, 0.717) is 16.1 Å². The van der Waals surface area contributed by atoms with Crippen molar-refractivity contribution in [1.82, 2.24) is 0 Å². The summed E-state index contributed by atoms with van der Waals surface area (Å²) in [6, 6.07) is 18.2. The van der Waals surface area contributed by atoms with Crippen LogP contribution in [0.3, 0.4) is 0 Å². The van der Waals surface area contributed by atoms with Crippen molar-refractivity contribution in [1.29, 1.82) is 0 Å². The van der Waals surface area contributed by atoms with Crippen molar-refractivity contribution in [2.75, 3.05) is 0 Å².